The van der Waals surface area contributed by atoms with Gasteiger partial charge in [-0.25, -0.2) is 15.0 Å². The zero-order valence-electron chi connectivity index (χ0n) is 17.0. The molecule has 2 aliphatic heterocycles. The van der Waals surface area contributed by atoms with Crippen molar-refractivity contribution in [1.29, 1.82) is 0 Å². The summed E-state index contributed by atoms with van der Waals surface area (Å²) in [5.41, 5.74) is 5.26. The van der Waals surface area contributed by atoms with Crippen LogP contribution in [0.5, 0.6) is 0 Å². The monoisotopic (exact) mass is 434 g/mol. The molecule has 10 heteroatoms. The normalized spacial score (nSPS) is 23.7. The molecule has 166 valence electrons. The van der Waals surface area contributed by atoms with Gasteiger partial charge in [0.15, 0.2) is 0 Å². The van der Waals surface area contributed by atoms with E-state index in [1.165, 1.54) is 6.20 Å². The number of hydrogen-bond donors (Lipinski definition) is 2. The Labute approximate surface area is 178 Å². The van der Waals surface area contributed by atoms with E-state index in [1.54, 1.807) is 6.07 Å². The summed E-state index contributed by atoms with van der Waals surface area (Å²) in [5, 5.41) is 9.10. The fourth-order valence-electron chi connectivity index (χ4n) is 4.69. The second kappa shape index (κ2) is 7.59. The van der Waals surface area contributed by atoms with E-state index in [9.17, 15) is 13.2 Å². The van der Waals surface area contributed by atoms with Gasteiger partial charge in [-0.2, -0.15) is 13.2 Å². The van der Waals surface area contributed by atoms with Gasteiger partial charge in [0.05, 0.1) is 11.3 Å². The van der Waals surface area contributed by atoms with E-state index in [0.717, 1.165) is 57.2 Å². The number of aliphatic hydroxyl groups is 1. The molecule has 0 radical (unpaired) electrons. The van der Waals surface area contributed by atoms with Crippen LogP contribution < -0.4 is 10.6 Å². The van der Waals surface area contributed by atoms with Gasteiger partial charge in [-0.15, -0.1) is 0 Å². The molecule has 4 heterocycles. The minimum atomic E-state index is -4.57. The number of rotatable bonds is 6. The molecule has 0 spiro atoms. The molecular formula is C21H25F3N6O. The van der Waals surface area contributed by atoms with E-state index in [1.807, 2.05) is 0 Å². The van der Waals surface area contributed by atoms with Crippen molar-refractivity contribution in [1.82, 2.24) is 19.9 Å². The molecule has 2 atom stereocenters. The molecule has 0 aromatic carbocycles. The number of aliphatic hydroxyl groups excluding tert-OH is 1. The van der Waals surface area contributed by atoms with Gasteiger partial charge >= 0.3 is 6.18 Å². The number of fused-ring (bicyclic) bond motifs is 2. The van der Waals surface area contributed by atoms with E-state index in [2.05, 4.69) is 19.8 Å². The predicted octanol–water partition coefficient (Wildman–Crippen LogP) is 2.66. The molecule has 0 unspecified atom stereocenters. The number of likely N-dealkylation sites (tertiary alicyclic amines) is 1. The van der Waals surface area contributed by atoms with Gasteiger partial charge in [0.1, 0.15) is 17.5 Å². The quantitative estimate of drug-likeness (QED) is 0.722. The van der Waals surface area contributed by atoms with Gasteiger partial charge in [-0.3, -0.25) is 4.90 Å². The number of nitrogen functional groups attached to an aromatic ring is 1. The molecule has 2 saturated heterocycles. The predicted molar refractivity (Wildman–Crippen MR) is 109 cm³/mol. The van der Waals surface area contributed by atoms with Crippen LogP contribution in [0.1, 0.15) is 43.0 Å². The van der Waals surface area contributed by atoms with Gasteiger partial charge in [-0.1, -0.05) is 0 Å². The summed E-state index contributed by atoms with van der Waals surface area (Å²) in [4.78, 5) is 17.8. The fraction of sp³-hybridized carbons (Fsp3) is 0.571. The first-order chi connectivity index (χ1) is 14.8. The van der Waals surface area contributed by atoms with Gasteiger partial charge < -0.3 is 15.7 Å². The summed E-state index contributed by atoms with van der Waals surface area (Å²) in [6, 6.07) is 3.53. The minimum absolute atomic E-state index is 0.188. The van der Waals surface area contributed by atoms with Crippen LogP contribution in [-0.4, -0.2) is 63.3 Å². The van der Waals surface area contributed by atoms with Crippen molar-refractivity contribution in [2.24, 2.45) is 0 Å². The number of anilines is 2. The number of aromatic nitrogens is 3. The van der Waals surface area contributed by atoms with Crippen molar-refractivity contribution >= 4 is 11.6 Å². The third-order valence-electron chi connectivity index (χ3n) is 6.44. The molecule has 3 aliphatic rings. The zero-order chi connectivity index (χ0) is 21.8. The Morgan fingerprint density at radius 2 is 1.94 bits per heavy atom. The minimum Gasteiger partial charge on any atom is -0.396 e. The SMILES string of the molecule is Nc1ncc(-c2cc(N3C[C@@H]4C[C@H]3CN4CCCO)nc(C3CC3)n2)cc1C(F)(F)F. The number of alkyl halides is 3. The average Bonchev–Trinajstić information content (AvgIpc) is 3.41. The lowest BCUT2D eigenvalue weighted by atomic mass is 10.1. The Morgan fingerprint density at radius 1 is 1.13 bits per heavy atom. The largest absolute Gasteiger partial charge is 0.419 e. The summed E-state index contributed by atoms with van der Waals surface area (Å²) in [6.07, 6.45) is 0.563. The molecule has 31 heavy (non-hydrogen) atoms. The van der Waals surface area contributed by atoms with Crippen molar-refractivity contribution in [2.75, 3.05) is 36.9 Å². The summed E-state index contributed by atoms with van der Waals surface area (Å²) < 4.78 is 40.0. The summed E-state index contributed by atoms with van der Waals surface area (Å²) in [6.45, 7) is 2.80. The molecule has 5 rings (SSSR count). The van der Waals surface area contributed by atoms with Crippen molar-refractivity contribution in [3.63, 3.8) is 0 Å². The van der Waals surface area contributed by atoms with Gasteiger partial charge in [0.25, 0.3) is 0 Å². The number of pyridine rings is 1. The molecule has 1 saturated carbocycles. The first kappa shape index (κ1) is 20.4. The molecule has 7 nitrogen and oxygen atoms in total. The highest BCUT2D eigenvalue weighted by Gasteiger charge is 2.44. The Balaban J connectivity index is 1.46. The van der Waals surface area contributed by atoms with Crippen molar-refractivity contribution < 1.29 is 18.3 Å². The lowest BCUT2D eigenvalue weighted by Gasteiger charge is -2.35. The lowest BCUT2D eigenvalue weighted by molar-refractivity contribution is -0.137. The molecule has 1 aliphatic carbocycles. The van der Waals surface area contributed by atoms with Crippen LogP contribution in [0.3, 0.4) is 0 Å². The molecule has 3 N–H and O–H groups in total. The van der Waals surface area contributed by atoms with Crippen LogP contribution in [0.2, 0.25) is 0 Å². The molecule has 2 aromatic heterocycles. The number of nitrogens with zero attached hydrogens (tertiary/aromatic N) is 5. The maximum atomic E-state index is 13.3. The van der Waals surface area contributed by atoms with E-state index in [4.69, 9.17) is 15.8 Å². The first-order valence-electron chi connectivity index (χ1n) is 10.7. The maximum absolute atomic E-state index is 13.3. The van der Waals surface area contributed by atoms with Crippen molar-refractivity contribution in [3.05, 3.63) is 29.7 Å². The average molecular weight is 434 g/mol. The van der Waals surface area contributed by atoms with Crippen LogP contribution in [0.4, 0.5) is 24.8 Å². The summed E-state index contributed by atoms with van der Waals surface area (Å²) >= 11 is 0. The van der Waals surface area contributed by atoms with Crippen molar-refractivity contribution in [2.45, 2.75) is 49.9 Å². The fourth-order valence-corrected chi connectivity index (χ4v) is 4.69. The van der Waals surface area contributed by atoms with Crippen LogP contribution >= 0.6 is 0 Å². The van der Waals surface area contributed by atoms with E-state index >= 15 is 0 Å². The standard InChI is InChI=1S/C21H25F3N6O/c22-21(23,24)16-6-13(9-26-19(16)25)17-8-18(28-20(27-17)12-2-3-12)30-11-14-7-15(30)10-29(14)4-1-5-31/h6,8-9,12,14-15,31H,1-5,7,10-11H2,(H2,25,26)/t14-,15-/m0/s1. The maximum Gasteiger partial charge on any atom is 0.419 e. The third-order valence-corrected chi connectivity index (χ3v) is 6.44. The number of nitrogens with two attached hydrogens (primary N) is 1. The smallest absolute Gasteiger partial charge is 0.396 e. The van der Waals surface area contributed by atoms with Gasteiger partial charge in [-0.05, 0) is 31.7 Å². The highest BCUT2D eigenvalue weighted by atomic mass is 19.4. The van der Waals surface area contributed by atoms with E-state index in [-0.39, 0.29) is 12.5 Å². The molecule has 2 aromatic rings. The Hall–Kier alpha value is -2.46. The Bertz CT molecular complexity index is 980. The molecule has 0 amide bonds. The topological polar surface area (TPSA) is 91.4 Å². The number of halogens is 3. The first-order valence-corrected chi connectivity index (χ1v) is 10.7. The number of hydrogen-bond acceptors (Lipinski definition) is 7. The molecular weight excluding hydrogens is 409 g/mol. The highest BCUT2D eigenvalue weighted by Crippen LogP contribution is 2.42. The summed E-state index contributed by atoms with van der Waals surface area (Å²) in [5.74, 6) is 1.19. The van der Waals surface area contributed by atoms with Crippen molar-refractivity contribution in [3.8, 4) is 11.3 Å². The molecule has 2 bridgehead atoms. The number of piperazine rings is 1. The Kier molecular flexibility index (Phi) is 5.01. The second-order valence-corrected chi connectivity index (χ2v) is 8.67. The van der Waals surface area contributed by atoms with Crippen LogP contribution in [0, 0.1) is 0 Å². The highest BCUT2D eigenvalue weighted by molar-refractivity contribution is 5.66. The van der Waals surface area contributed by atoms with Crippen LogP contribution in [-0.2, 0) is 6.18 Å². The molecule has 3 fully saturated rings. The third kappa shape index (κ3) is 3.94. The summed E-state index contributed by atoms with van der Waals surface area (Å²) in [7, 11) is 0. The zero-order valence-corrected chi connectivity index (χ0v) is 17.0. The second-order valence-electron chi connectivity index (χ2n) is 8.67. The van der Waals surface area contributed by atoms with Gasteiger partial charge in [0.2, 0.25) is 0 Å². The Morgan fingerprint density at radius 3 is 2.58 bits per heavy atom. The van der Waals surface area contributed by atoms with E-state index in [0.29, 0.717) is 29.2 Å². The van der Waals surface area contributed by atoms with Gasteiger partial charge in [0, 0.05) is 62.1 Å². The van der Waals surface area contributed by atoms with Crippen LogP contribution in [0.15, 0.2) is 18.3 Å². The van der Waals surface area contributed by atoms with Crippen LogP contribution in [0.25, 0.3) is 11.3 Å². The lowest BCUT2D eigenvalue weighted by Crippen LogP contribution is -2.47. The van der Waals surface area contributed by atoms with E-state index < -0.39 is 17.6 Å².